The maximum absolute atomic E-state index is 11.4. The molecular weight excluding hydrogens is 228 g/mol. The predicted octanol–water partition coefficient (Wildman–Crippen LogP) is 3.04. The van der Waals surface area contributed by atoms with Crippen molar-refractivity contribution in [2.24, 2.45) is 0 Å². The molecule has 92 valence electrons. The van der Waals surface area contributed by atoms with Crippen LogP contribution in [0, 0.1) is 0 Å². The summed E-state index contributed by atoms with van der Waals surface area (Å²) in [5.74, 6) is 0. The number of benzene rings is 2. The Hall–Kier alpha value is -2.33. The topological polar surface area (TPSA) is 50.4 Å². The third kappa shape index (κ3) is 2.87. The van der Waals surface area contributed by atoms with Crippen LogP contribution in [0.1, 0.15) is 0 Å². The molecule has 2 rings (SSSR count). The van der Waals surface area contributed by atoms with Gasteiger partial charge < -0.3 is 4.84 Å². The maximum atomic E-state index is 11.4. The quantitative estimate of drug-likeness (QED) is 0.813. The van der Waals surface area contributed by atoms with Crippen LogP contribution in [-0.2, 0) is 4.84 Å². The highest BCUT2D eigenvalue weighted by Crippen LogP contribution is 2.27. The van der Waals surface area contributed by atoms with E-state index in [1.807, 2.05) is 54.6 Å². The van der Waals surface area contributed by atoms with Crippen LogP contribution in [0.5, 0.6) is 0 Å². The summed E-state index contributed by atoms with van der Waals surface area (Å²) in [6, 6.07) is 17.4. The van der Waals surface area contributed by atoms with Crippen molar-refractivity contribution in [1.29, 1.82) is 0 Å². The molecule has 2 aromatic rings. The lowest BCUT2D eigenvalue weighted by Gasteiger charge is -2.10. The Kier molecular flexibility index (Phi) is 3.94. The van der Waals surface area contributed by atoms with Crippen molar-refractivity contribution < 1.29 is 9.63 Å². The first-order chi connectivity index (χ1) is 8.81. The molecular formula is C14H14N2O2. The minimum Gasteiger partial charge on any atom is -0.354 e. The molecule has 0 bridgehead atoms. The zero-order valence-electron chi connectivity index (χ0n) is 10.0. The van der Waals surface area contributed by atoms with Crippen molar-refractivity contribution in [3.63, 3.8) is 0 Å². The molecule has 4 heteroatoms. The normalized spacial score (nSPS) is 9.83. The Bertz CT molecular complexity index is 526. The summed E-state index contributed by atoms with van der Waals surface area (Å²) < 4.78 is 0. The fourth-order valence-corrected chi connectivity index (χ4v) is 1.69. The van der Waals surface area contributed by atoms with Gasteiger partial charge in [-0.3, -0.25) is 5.32 Å². The van der Waals surface area contributed by atoms with Gasteiger partial charge in [-0.2, -0.15) is 5.48 Å². The molecule has 0 spiro atoms. The lowest BCUT2D eigenvalue weighted by atomic mass is 10.0. The first-order valence-electron chi connectivity index (χ1n) is 5.60. The van der Waals surface area contributed by atoms with E-state index in [2.05, 4.69) is 15.6 Å². The van der Waals surface area contributed by atoms with Gasteiger partial charge in [0.15, 0.2) is 0 Å². The lowest BCUT2D eigenvalue weighted by Crippen LogP contribution is -2.20. The standard InChI is InChI=1S/C14H14N2O2/c1-15-18-14(17)16-13-10-6-5-9-12(13)11-7-3-2-4-8-11/h2-10,15H,1H3,(H,16,17). The molecule has 0 saturated heterocycles. The Morgan fingerprint density at radius 1 is 1.00 bits per heavy atom. The molecule has 2 aromatic carbocycles. The van der Waals surface area contributed by atoms with Crippen molar-refractivity contribution in [3.8, 4) is 11.1 Å². The average Bonchev–Trinajstić information content (AvgIpc) is 2.40. The van der Waals surface area contributed by atoms with Crippen LogP contribution >= 0.6 is 0 Å². The molecule has 0 atom stereocenters. The summed E-state index contributed by atoms with van der Waals surface area (Å²) in [6.07, 6.45) is -0.541. The third-order valence-electron chi connectivity index (χ3n) is 2.44. The Morgan fingerprint density at radius 3 is 2.39 bits per heavy atom. The molecule has 0 aliphatic carbocycles. The van der Waals surface area contributed by atoms with Gasteiger partial charge in [-0.1, -0.05) is 48.5 Å². The molecule has 0 aromatic heterocycles. The van der Waals surface area contributed by atoms with Gasteiger partial charge in [-0.15, -0.1) is 0 Å². The molecule has 0 unspecified atom stereocenters. The van der Waals surface area contributed by atoms with Gasteiger partial charge in [-0.25, -0.2) is 4.79 Å². The van der Waals surface area contributed by atoms with Gasteiger partial charge in [0.1, 0.15) is 0 Å². The smallest absolute Gasteiger partial charge is 0.354 e. The van der Waals surface area contributed by atoms with Crippen molar-refractivity contribution in [3.05, 3.63) is 54.6 Å². The molecule has 0 aliphatic heterocycles. The number of hydroxylamine groups is 1. The lowest BCUT2D eigenvalue weighted by molar-refractivity contribution is 0.117. The van der Waals surface area contributed by atoms with Crippen LogP contribution in [0.15, 0.2) is 54.6 Å². The average molecular weight is 242 g/mol. The number of amides is 1. The number of hydrogen-bond acceptors (Lipinski definition) is 3. The zero-order valence-corrected chi connectivity index (χ0v) is 10.0. The van der Waals surface area contributed by atoms with Crippen LogP contribution in [0.3, 0.4) is 0 Å². The second-order valence-corrected chi connectivity index (χ2v) is 3.63. The summed E-state index contributed by atoms with van der Waals surface area (Å²) in [6.45, 7) is 0. The minimum atomic E-state index is -0.541. The number of carbonyl (C=O) groups is 1. The Labute approximate surface area is 106 Å². The van der Waals surface area contributed by atoms with Crippen molar-refractivity contribution in [2.45, 2.75) is 0 Å². The summed E-state index contributed by atoms with van der Waals surface area (Å²) >= 11 is 0. The van der Waals surface area contributed by atoms with E-state index in [1.54, 1.807) is 0 Å². The molecule has 4 nitrogen and oxygen atoms in total. The molecule has 0 radical (unpaired) electrons. The maximum Gasteiger partial charge on any atom is 0.430 e. The third-order valence-corrected chi connectivity index (χ3v) is 2.44. The SMILES string of the molecule is CNOC(=O)Nc1ccccc1-c1ccccc1. The highest BCUT2D eigenvalue weighted by Gasteiger charge is 2.08. The van der Waals surface area contributed by atoms with Crippen molar-refractivity contribution >= 4 is 11.8 Å². The van der Waals surface area contributed by atoms with Crippen molar-refractivity contribution in [1.82, 2.24) is 5.48 Å². The number of anilines is 1. The van der Waals surface area contributed by atoms with E-state index in [4.69, 9.17) is 0 Å². The molecule has 18 heavy (non-hydrogen) atoms. The summed E-state index contributed by atoms with van der Waals surface area (Å²) in [7, 11) is 1.53. The van der Waals surface area contributed by atoms with Gasteiger partial charge >= 0.3 is 6.09 Å². The van der Waals surface area contributed by atoms with Gasteiger partial charge in [-0.05, 0) is 11.6 Å². The molecule has 0 fully saturated rings. The fourth-order valence-electron chi connectivity index (χ4n) is 1.69. The first kappa shape index (κ1) is 12.1. The Balaban J connectivity index is 2.29. The molecule has 0 saturated carbocycles. The van der Waals surface area contributed by atoms with Crippen LogP contribution in [0.2, 0.25) is 0 Å². The van der Waals surface area contributed by atoms with Crippen LogP contribution in [0.25, 0.3) is 11.1 Å². The van der Waals surface area contributed by atoms with Crippen molar-refractivity contribution in [2.75, 3.05) is 12.4 Å². The van der Waals surface area contributed by atoms with Crippen LogP contribution < -0.4 is 10.8 Å². The van der Waals surface area contributed by atoms with E-state index in [0.717, 1.165) is 11.1 Å². The molecule has 2 N–H and O–H groups in total. The van der Waals surface area contributed by atoms with Crippen LogP contribution in [0.4, 0.5) is 10.5 Å². The summed E-state index contributed by atoms with van der Waals surface area (Å²) in [4.78, 5) is 16.0. The van der Waals surface area contributed by atoms with E-state index in [1.165, 1.54) is 7.05 Å². The molecule has 1 amide bonds. The Morgan fingerprint density at radius 2 is 1.67 bits per heavy atom. The second kappa shape index (κ2) is 5.84. The minimum absolute atomic E-state index is 0.541. The predicted molar refractivity (Wildman–Crippen MR) is 71.0 cm³/mol. The number of para-hydroxylation sites is 1. The van der Waals surface area contributed by atoms with E-state index in [-0.39, 0.29) is 0 Å². The monoisotopic (exact) mass is 242 g/mol. The number of hydrogen-bond donors (Lipinski definition) is 2. The highest BCUT2D eigenvalue weighted by molar-refractivity contribution is 5.91. The van der Waals surface area contributed by atoms with E-state index in [9.17, 15) is 4.79 Å². The highest BCUT2D eigenvalue weighted by atomic mass is 16.7. The number of carbonyl (C=O) groups excluding carboxylic acids is 1. The second-order valence-electron chi connectivity index (χ2n) is 3.63. The van der Waals surface area contributed by atoms with Gasteiger partial charge in [0, 0.05) is 12.6 Å². The number of nitrogens with one attached hydrogen (secondary N) is 2. The van der Waals surface area contributed by atoms with E-state index < -0.39 is 6.09 Å². The molecule has 0 heterocycles. The number of rotatable bonds is 3. The van der Waals surface area contributed by atoms with Gasteiger partial charge in [0.2, 0.25) is 0 Å². The van der Waals surface area contributed by atoms with E-state index >= 15 is 0 Å². The van der Waals surface area contributed by atoms with E-state index in [0.29, 0.717) is 5.69 Å². The fraction of sp³-hybridized carbons (Fsp3) is 0.0714. The largest absolute Gasteiger partial charge is 0.430 e. The zero-order chi connectivity index (χ0) is 12.8. The summed E-state index contributed by atoms with van der Waals surface area (Å²) in [5.41, 5.74) is 5.04. The summed E-state index contributed by atoms with van der Waals surface area (Å²) in [5, 5.41) is 2.69. The van der Waals surface area contributed by atoms with Gasteiger partial charge in [0.05, 0.1) is 5.69 Å². The first-order valence-corrected chi connectivity index (χ1v) is 5.60. The van der Waals surface area contributed by atoms with Gasteiger partial charge in [0.25, 0.3) is 0 Å². The van der Waals surface area contributed by atoms with Crippen LogP contribution in [-0.4, -0.2) is 13.1 Å². The molecule has 0 aliphatic rings.